The highest BCUT2D eigenvalue weighted by atomic mass is 16.2. The molecule has 3 aromatic rings. The normalized spacial score (nSPS) is 19.0. The van der Waals surface area contributed by atoms with Crippen LogP contribution in [0.25, 0.3) is 10.9 Å². The lowest BCUT2D eigenvalue weighted by Crippen LogP contribution is -2.53. The van der Waals surface area contributed by atoms with Crippen LogP contribution in [-0.4, -0.2) is 45.4 Å². The maximum atomic E-state index is 13.6. The number of para-hydroxylation sites is 1. The Hall–Kier alpha value is -2.89. The zero-order valence-corrected chi connectivity index (χ0v) is 18.5. The summed E-state index contributed by atoms with van der Waals surface area (Å²) in [5.74, 6) is 1.52. The Balaban J connectivity index is 1.29. The summed E-state index contributed by atoms with van der Waals surface area (Å²) in [5, 5.41) is 1.21. The Labute approximate surface area is 183 Å². The summed E-state index contributed by atoms with van der Waals surface area (Å²) in [5.41, 5.74) is 3.19. The van der Waals surface area contributed by atoms with E-state index in [2.05, 4.69) is 58.0 Å². The molecule has 2 aliphatic rings. The van der Waals surface area contributed by atoms with Crippen molar-refractivity contribution >= 4 is 22.8 Å². The zero-order valence-electron chi connectivity index (χ0n) is 18.5. The van der Waals surface area contributed by atoms with Crippen molar-refractivity contribution in [3.05, 3.63) is 54.0 Å². The van der Waals surface area contributed by atoms with E-state index in [1.807, 2.05) is 18.3 Å². The summed E-state index contributed by atoms with van der Waals surface area (Å²) < 4.78 is 0. The molecule has 0 radical (unpaired) electrons. The van der Waals surface area contributed by atoms with E-state index in [4.69, 9.17) is 4.98 Å². The van der Waals surface area contributed by atoms with Crippen LogP contribution in [0.5, 0.6) is 0 Å². The number of anilines is 1. The predicted octanol–water partition coefficient (Wildman–Crippen LogP) is 4.49. The number of carbonyl (C=O) groups is 1. The topological polar surface area (TPSA) is 65.1 Å². The fourth-order valence-electron chi connectivity index (χ4n) is 5.21. The van der Waals surface area contributed by atoms with Crippen molar-refractivity contribution in [2.45, 2.75) is 52.0 Å². The van der Waals surface area contributed by atoms with E-state index in [9.17, 15) is 4.79 Å². The molecule has 0 aliphatic carbocycles. The number of aromatic nitrogens is 3. The second-order valence-electron chi connectivity index (χ2n) is 9.39. The van der Waals surface area contributed by atoms with Crippen LogP contribution in [0.1, 0.15) is 56.7 Å². The van der Waals surface area contributed by atoms with Crippen molar-refractivity contribution in [2.75, 3.05) is 24.5 Å². The molecule has 2 aromatic heterocycles. The van der Waals surface area contributed by atoms with Gasteiger partial charge in [0.05, 0.1) is 5.41 Å². The molecule has 2 fully saturated rings. The Morgan fingerprint density at radius 1 is 1.10 bits per heavy atom. The Morgan fingerprint density at radius 3 is 2.71 bits per heavy atom. The molecular formula is C25H31N5O. The number of rotatable bonds is 4. The van der Waals surface area contributed by atoms with Gasteiger partial charge in [-0.3, -0.25) is 4.79 Å². The molecule has 1 aromatic carbocycles. The molecule has 31 heavy (non-hydrogen) atoms. The molecule has 1 amide bonds. The third-order valence-electron chi connectivity index (χ3n) is 7.12. The average molecular weight is 418 g/mol. The van der Waals surface area contributed by atoms with Gasteiger partial charge in [0.2, 0.25) is 11.9 Å². The van der Waals surface area contributed by atoms with Crippen molar-refractivity contribution < 1.29 is 4.79 Å². The molecule has 0 saturated carbocycles. The average Bonchev–Trinajstić information content (AvgIpc) is 3.20. The van der Waals surface area contributed by atoms with E-state index < -0.39 is 0 Å². The number of nitrogens with zero attached hydrogens (tertiary/aromatic N) is 4. The third kappa shape index (κ3) is 3.68. The molecule has 6 nitrogen and oxygen atoms in total. The van der Waals surface area contributed by atoms with Gasteiger partial charge in [0.25, 0.3) is 0 Å². The monoisotopic (exact) mass is 417 g/mol. The van der Waals surface area contributed by atoms with Crippen LogP contribution < -0.4 is 4.90 Å². The van der Waals surface area contributed by atoms with E-state index in [1.165, 1.54) is 10.9 Å². The van der Waals surface area contributed by atoms with E-state index in [0.717, 1.165) is 62.5 Å². The number of fused-ring (bicyclic) bond motifs is 1. The highest BCUT2D eigenvalue weighted by Crippen LogP contribution is 2.42. The lowest BCUT2D eigenvalue weighted by atomic mass is 9.71. The van der Waals surface area contributed by atoms with Crippen molar-refractivity contribution in [1.29, 1.82) is 0 Å². The number of hydrogen-bond donors (Lipinski definition) is 1. The molecule has 1 spiro atoms. The molecule has 0 bridgehead atoms. The Kier molecular flexibility index (Phi) is 5.16. The summed E-state index contributed by atoms with van der Waals surface area (Å²) in [4.78, 5) is 30.6. The highest BCUT2D eigenvalue weighted by molar-refractivity contribution is 5.86. The second-order valence-corrected chi connectivity index (χ2v) is 9.39. The molecule has 6 heteroatoms. The minimum atomic E-state index is -0.226. The molecule has 2 aliphatic heterocycles. The largest absolute Gasteiger partial charge is 0.361 e. The number of benzene rings is 1. The minimum Gasteiger partial charge on any atom is -0.361 e. The van der Waals surface area contributed by atoms with Crippen LogP contribution in [0.3, 0.4) is 0 Å². The molecule has 1 N–H and O–H groups in total. The van der Waals surface area contributed by atoms with Crippen LogP contribution in [-0.2, 0) is 11.3 Å². The van der Waals surface area contributed by atoms with Crippen LogP contribution >= 0.6 is 0 Å². The van der Waals surface area contributed by atoms with Crippen molar-refractivity contribution in [2.24, 2.45) is 5.41 Å². The zero-order chi connectivity index (χ0) is 21.4. The van der Waals surface area contributed by atoms with Gasteiger partial charge in [0, 0.05) is 55.2 Å². The number of amides is 1. The number of likely N-dealkylation sites (tertiary alicyclic amines) is 1. The van der Waals surface area contributed by atoms with Crippen molar-refractivity contribution in [3.63, 3.8) is 0 Å². The highest BCUT2D eigenvalue weighted by Gasteiger charge is 2.46. The number of hydrogen-bond acceptors (Lipinski definition) is 4. The van der Waals surface area contributed by atoms with Gasteiger partial charge >= 0.3 is 0 Å². The molecule has 2 saturated heterocycles. The SMILES string of the molecule is CC(C)c1ccnc(N2CCC3(CCCN(Cc4c[nH]c5ccccc45)C3=O)CC2)n1. The lowest BCUT2D eigenvalue weighted by Gasteiger charge is -2.46. The number of aromatic amines is 1. The first kappa shape index (κ1) is 20.0. The third-order valence-corrected chi connectivity index (χ3v) is 7.12. The summed E-state index contributed by atoms with van der Waals surface area (Å²) in [6.07, 6.45) is 7.75. The molecule has 162 valence electrons. The first-order valence-electron chi connectivity index (χ1n) is 11.5. The smallest absolute Gasteiger partial charge is 0.229 e. The molecule has 0 atom stereocenters. The van der Waals surface area contributed by atoms with Crippen molar-refractivity contribution in [1.82, 2.24) is 19.9 Å². The maximum absolute atomic E-state index is 13.6. The quantitative estimate of drug-likeness (QED) is 0.679. The number of H-pyrrole nitrogens is 1. The van der Waals surface area contributed by atoms with Crippen molar-refractivity contribution in [3.8, 4) is 0 Å². The van der Waals surface area contributed by atoms with Gasteiger partial charge in [-0.15, -0.1) is 0 Å². The van der Waals surface area contributed by atoms with Crippen LogP contribution in [0.2, 0.25) is 0 Å². The van der Waals surface area contributed by atoms with Gasteiger partial charge < -0.3 is 14.8 Å². The van der Waals surface area contributed by atoms with Gasteiger partial charge in [0.1, 0.15) is 0 Å². The fraction of sp³-hybridized carbons (Fsp3) is 0.480. The predicted molar refractivity (Wildman–Crippen MR) is 123 cm³/mol. The minimum absolute atomic E-state index is 0.226. The van der Waals surface area contributed by atoms with Gasteiger partial charge in [-0.2, -0.15) is 0 Å². The van der Waals surface area contributed by atoms with Gasteiger partial charge in [-0.25, -0.2) is 9.97 Å². The second kappa shape index (κ2) is 7.98. The number of nitrogens with one attached hydrogen (secondary N) is 1. The van der Waals surface area contributed by atoms with E-state index in [0.29, 0.717) is 18.4 Å². The Bertz CT molecular complexity index is 1080. The van der Waals surface area contributed by atoms with Gasteiger partial charge in [-0.1, -0.05) is 32.0 Å². The van der Waals surface area contributed by atoms with Gasteiger partial charge in [0.15, 0.2) is 0 Å². The van der Waals surface area contributed by atoms with Crippen LogP contribution in [0, 0.1) is 5.41 Å². The lowest BCUT2D eigenvalue weighted by molar-refractivity contribution is -0.148. The van der Waals surface area contributed by atoms with Crippen LogP contribution in [0.15, 0.2) is 42.7 Å². The van der Waals surface area contributed by atoms with Gasteiger partial charge in [-0.05, 0) is 49.3 Å². The maximum Gasteiger partial charge on any atom is 0.229 e. The molecule has 4 heterocycles. The Morgan fingerprint density at radius 2 is 1.90 bits per heavy atom. The molecular weight excluding hydrogens is 386 g/mol. The summed E-state index contributed by atoms with van der Waals surface area (Å²) in [7, 11) is 0. The van der Waals surface area contributed by atoms with Crippen LogP contribution in [0.4, 0.5) is 5.95 Å². The summed E-state index contributed by atoms with van der Waals surface area (Å²) >= 11 is 0. The standard InChI is InChI=1S/C25H31N5O/c1-18(2)21-8-12-26-24(28-21)29-14-10-25(11-15-29)9-5-13-30(23(25)31)17-19-16-27-22-7-4-3-6-20(19)22/h3-4,6-8,12,16,18,27H,5,9-11,13-15,17H2,1-2H3. The summed E-state index contributed by atoms with van der Waals surface area (Å²) in [6, 6.07) is 10.3. The number of carbonyl (C=O) groups excluding carboxylic acids is 1. The van der Waals surface area contributed by atoms with E-state index in [1.54, 1.807) is 0 Å². The van der Waals surface area contributed by atoms with E-state index in [-0.39, 0.29) is 5.41 Å². The molecule has 0 unspecified atom stereocenters. The number of piperidine rings is 2. The first-order valence-corrected chi connectivity index (χ1v) is 11.5. The van der Waals surface area contributed by atoms with E-state index >= 15 is 0 Å². The summed E-state index contributed by atoms with van der Waals surface area (Å²) in [6.45, 7) is 7.53. The first-order chi connectivity index (χ1) is 15.1. The molecule has 5 rings (SSSR count). The fourth-order valence-corrected chi connectivity index (χ4v) is 5.21.